The lowest BCUT2D eigenvalue weighted by molar-refractivity contribution is -0.130. The van der Waals surface area contributed by atoms with Gasteiger partial charge in [-0.1, -0.05) is 55.2 Å². The number of ether oxygens (including phenoxy) is 2. The molecule has 1 aromatic heterocycles. The molecule has 1 heterocycles. The number of allylic oxidation sites excluding steroid dienone is 5. The number of hydrogen-bond donors (Lipinski definition) is 0. The summed E-state index contributed by atoms with van der Waals surface area (Å²) in [6.07, 6.45) is 17.2. The minimum absolute atomic E-state index is 0.0555. The van der Waals surface area contributed by atoms with E-state index >= 15 is 0 Å². The lowest BCUT2D eigenvalue weighted by atomic mass is 9.91. The van der Waals surface area contributed by atoms with Crippen LogP contribution in [0.1, 0.15) is 49.4 Å². The van der Waals surface area contributed by atoms with E-state index in [2.05, 4.69) is 17.8 Å². The van der Waals surface area contributed by atoms with Crippen LogP contribution in [0, 0.1) is 11.7 Å². The Kier molecular flexibility index (Phi) is 8.67. The van der Waals surface area contributed by atoms with E-state index < -0.39 is 6.09 Å². The highest BCUT2D eigenvalue weighted by Crippen LogP contribution is 2.35. The minimum atomic E-state index is -0.493. The topological polar surface area (TPSA) is 73.7 Å². The smallest absolute Gasteiger partial charge is 0.434 e. The first-order valence-electron chi connectivity index (χ1n) is 14.1. The fourth-order valence-electron chi connectivity index (χ4n) is 5.53. The summed E-state index contributed by atoms with van der Waals surface area (Å²) in [4.78, 5) is 28.7. The van der Waals surface area contributed by atoms with Gasteiger partial charge in [0.05, 0.1) is 25.0 Å². The number of benzene rings is 1. The molecule has 5 rings (SSSR count). The Bertz CT molecular complexity index is 1450. The minimum Gasteiger partial charge on any atom is -0.496 e. The summed E-state index contributed by atoms with van der Waals surface area (Å²) in [6, 6.07) is 6.59. The van der Waals surface area contributed by atoms with Crippen molar-refractivity contribution in [3.63, 3.8) is 0 Å². The first kappa shape index (κ1) is 28.3. The van der Waals surface area contributed by atoms with Gasteiger partial charge in [-0.15, -0.1) is 0 Å². The van der Waals surface area contributed by atoms with E-state index in [1.54, 1.807) is 37.4 Å². The molecule has 41 heavy (non-hydrogen) atoms. The van der Waals surface area contributed by atoms with Gasteiger partial charge in [-0.05, 0) is 68.7 Å². The Morgan fingerprint density at radius 2 is 2.00 bits per heavy atom. The molecular formula is C33H36FN3O4. The van der Waals surface area contributed by atoms with Crippen LogP contribution in [0.5, 0.6) is 0 Å². The van der Waals surface area contributed by atoms with Crippen molar-refractivity contribution >= 4 is 17.6 Å². The largest absolute Gasteiger partial charge is 0.496 e. The maximum atomic E-state index is 14.4. The lowest BCUT2D eigenvalue weighted by Gasteiger charge is -2.34. The number of amides is 1. The van der Waals surface area contributed by atoms with Gasteiger partial charge in [-0.3, -0.25) is 4.79 Å². The van der Waals surface area contributed by atoms with Gasteiger partial charge in [0.1, 0.15) is 11.6 Å². The molecule has 1 aromatic carbocycles. The van der Waals surface area contributed by atoms with E-state index in [4.69, 9.17) is 9.47 Å². The van der Waals surface area contributed by atoms with Gasteiger partial charge >= 0.3 is 6.09 Å². The average Bonchev–Trinajstić information content (AvgIpc) is 3.73. The first-order chi connectivity index (χ1) is 19.9. The summed E-state index contributed by atoms with van der Waals surface area (Å²) in [7, 11) is 1.50. The number of carbonyl (C=O) groups is 2. The molecule has 2 unspecified atom stereocenters. The number of aromatic nitrogens is 2. The highest BCUT2D eigenvalue weighted by molar-refractivity contribution is 5.98. The molecule has 8 heteroatoms. The van der Waals surface area contributed by atoms with Crippen molar-refractivity contribution in [2.45, 2.75) is 57.5 Å². The van der Waals surface area contributed by atoms with Crippen molar-refractivity contribution in [2.75, 3.05) is 13.7 Å². The van der Waals surface area contributed by atoms with Gasteiger partial charge < -0.3 is 14.4 Å². The van der Waals surface area contributed by atoms with E-state index in [0.29, 0.717) is 41.9 Å². The van der Waals surface area contributed by atoms with Crippen LogP contribution < -0.4 is 0 Å². The Morgan fingerprint density at radius 1 is 1.20 bits per heavy atom. The third-order valence-electron chi connectivity index (χ3n) is 7.86. The van der Waals surface area contributed by atoms with Crippen molar-refractivity contribution < 1.29 is 23.5 Å². The van der Waals surface area contributed by atoms with E-state index in [-0.39, 0.29) is 29.7 Å². The normalized spacial score (nSPS) is 20.6. The number of nitrogens with zero attached hydrogens (tertiary/aromatic N) is 3. The molecule has 0 bridgehead atoms. The molecule has 0 radical (unpaired) electrons. The first-order valence-corrected chi connectivity index (χ1v) is 14.1. The summed E-state index contributed by atoms with van der Waals surface area (Å²) >= 11 is 0. The number of halogens is 1. The van der Waals surface area contributed by atoms with Crippen molar-refractivity contribution in [3.05, 3.63) is 107 Å². The van der Waals surface area contributed by atoms with Crippen LogP contribution in [0.25, 0.3) is 5.57 Å². The molecule has 7 nitrogen and oxygen atoms in total. The van der Waals surface area contributed by atoms with Gasteiger partial charge in [-0.25, -0.2) is 9.18 Å². The molecule has 0 N–H and O–H groups in total. The fourth-order valence-corrected chi connectivity index (χ4v) is 5.53. The van der Waals surface area contributed by atoms with E-state index in [9.17, 15) is 14.0 Å². The summed E-state index contributed by atoms with van der Waals surface area (Å²) in [6.45, 7) is 6.00. The van der Waals surface area contributed by atoms with Gasteiger partial charge in [0.2, 0.25) is 0 Å². The average molecular weight is 558 g/mol. The number of methoxy groups -OCH3 is 1. The van der Waals surface area contributed by atoms with Crippen LogP contribution in [0.15, 0.2) is 84.8 Å². The zero-order chi connectivity index (χ0) is 28.9. The highest BCUT2D eigenvalue weighted by atomic mass is 19.1. The van der Waals surface area contributed by atoms with Crippen LogP contribution >= 0.6 is 0 Å². The van der Waals surface area contributed by atoms with Crippen molar-refractivity contribution in [1.82, 2.24) is 14.7 Å². The summed E-state index contributed by atoms with van der Waals surface area (Å²) in [5.41, 5.74) is 3.24. The predicted molar refractivity (Wildman–Crippen MR) is 155 cm³/mol. The summed E-state index contributed by atoms with van der Waals surface area (Å²) in [5, 5.41) is 4.50. The van der Waals surface area contributed by atoms with Gasteiger partial charge in [0, 0.05) is 29.8 Å². The molecule has 3 aliphatic rings. The van der Waals surface area contributed by atoms with Crippen molar-refractivity contribution in [2.24, 2.45) is 5.92 Å². The zero-order valence-corrected chi connectivity index (χ0v) is 23.6. The van der Waals surface area contributed by atoms with Crippen LogP contribution in [0.3, 0.4) is 0 Å². The molecule has 1 amide bonds. The van der Waals surface area contributed by atoms with Crippen molar-refractivity contribution in [3.8, 4) is 0 Å². The third-order valence-corrected chi connectivity index (χ3v) is 7.86. The molecule has 3 aliphatic carbocycles. The molecular weight excluding hydrogens is 521 g/mol. The standard InChI is InChI=1S/C33H36FN3O4/c1-4-27(31(40-3)18-22(2)28-12-8-9-13-29(28)34)32(38)37(25-14-15-25)26-16-17-30-24(19-26)20-36(35-30)33(39)41-21-23-10-6-5-7-11-23/h4-10,12-13,18,20,23,25-26H,1,11,14-17,19,21H2,2-3H3/b22-18+,31-27-. The van der Waals surface area contributed by atoms with Crippen molar-refractivity contribution in [1.29, 1.82) is 0 Å². The number of aryl methyl sites for hydroxylation is 1. The molecule has 0 saturated heterocycles. The Morgan fingerprint density at radius 3 is 2.68 bits per heavy atom. The monoisotopic (exact) mass is 557 g/mol. The second-order valence-electron chi connectivity index (χ2n) is 10.8. The number of fused-ring (bicyclic) bond motifs is 1. The molecule has 1 fully saturated rings. The molecule has 1 saturated carbocycles. The summed E-state index contributed by atoms with van der Waals surface area (Å²) < 4.78 is 26.8. The highest BCUT2D eigenvalue weighted by Gasteiger charge is 2.40. The van der Waals surface area contributed by atoms with E-state index in [1.165, 1.54) is 23.9 Å². The molecule has 0 aliphatic heterocycles. The number of rotatable bonds is 9. The van der Waals surface area contributed by atoms with Gasteiger partial charge in [-0.2, -0.15) is 9.78 Å². The van der Waals surface area contributed by atoms with E-state index in [1.807, 2.05) is 23.1 Å². The molecule has 0 spiro atoms. The maximum Gasteiger partial charge on any atom is 0.434 e. The Labute approximate surface area is 240 Å². The fraction of sp³-hybridized carbons (Fsp3) is 0.364. The molecule has 2 atom stereocenters. The molecule has 214 valence electrons. The van der Waals surface area contributed by atoms with Crippen LogP contribution in [-0.2, 0) is 27.1 Å². The van der Waals surface area contributed by atoms with Crippen LogP contribution in [-0.4, -0.2) is 52.5 Å². The van der Waals surface area contributed by atoms with Gasteiger partial charge in [0.15, 0.2) is 0 Å². The summed E-state index contributed by atoms with van der Waals surface area (Å²) in [5.74, 6) is 0.0119. The third kappa shape index (κ3) is 6.42. The van der Waals surface area contributed by atoms with Crippen LogP contribution in [0.2, 0.25) is 0 Å². The van der Waals surface area contributed by atoms with E-state index in [0.717, 1.165) is 36.9 Å². The zero-order valence-electron chi connectivity index (χ0n) is 23.6. The molecule has 2 aromatic rings. The maximum absolute atomic E-state index is 14.4. The second kappa shape index (κ2) is 12.5. The van der Waals surface area contributed by atoms with Gasteiger partial charge in [0.25, 0.3) is 5.91 Å². The van der Waals surface area contributed by atoms with Crippen LogP contribution in [0.4, 0.5) is 9.18 Å². The predicted octanol–water partition coefficient (Wildman–Crippen LogP) is 6.18. The quantitative estimate of drug-likeness (QED) is 0.209. The number of hydrogen-bond acceptors (Lipinski definition) is 5. The Balaban J connectivity index is 1.33. The Hall–Kier alpha value is -4.20. The second-order valence-corrected chi connectivity index (χ2v) is 10.8. The lowest BCUT2D eigenvalue weighted by Crippen LogP contribution is -2.45. The SMILES string of the molecule is C=C/C(C(=O)N(C1CC1)C1CCc2nn(C(=O)OCC3C=CC=CC3)cc2C1)=C(\C=C(/C)c1ccccc1F)OC. The number of carbonyl (C=O) groups excluding carboxylic acids is 2.